The van der Waals surface area contributed by atoms with E-state index in [0.717, 1.165) is 25.0 Å². The number of halogens is 1. The van der Waals surface area contributed by atoms with Gasteiger partial charge in [0.1, 0.15) is 0 Å². The van der Waals surface area contributed by atoms with Gasteiger partial charge in [-0.2, -0.15) is 5.10 Å². The lowest BCUT2D eigenvalue weighted by atomic mass is 9.89. The second-order valence-corrected chi connectivity index (χ2v) is 6.35. The van der Waals surface area contributed by atoms with E-state index in [4.69, 9.17) is 11.6 Å². The van der Waals surface area contributed by atoms with Crippen molar-refractivity contribution in [2.75, 3.05) is 5.32 Å². The van der Waals surface area contributed by atoms with E-state index in [-0.39, 0.29) is 24.7 Å². The molecular formula is C17H22ClN3O2. The molecule has 1 atom stereocenters. The van der Waals surface area contributed by atoms with Crippen LogP contribution in [0.15, 0.2) is 29.4 Å². The molecule has 0 aliphatic heterocycles. The molecule has 1 unspecified atom stereocenters. The first-order chi connectivity index (χ1) is 11.0. The Hall–Kier alpha value is -1.88. The predicted molar refractivity (Wildman–Crippen MR) is 92.5 cm³/mol. The molecule has 0 bridgehead atoms. The summed E-state index contributed by atoms with van der Waals surface area (Å²) in [7, 11) is 0. The minimum atomic E-state index is -0.245. The lowest BCUT2D eigenvalue weighted by Gasteiger charge is -2.18. The number of para-hydroxylation sites is 1. The van der Waals surface area contributed by atoms with Gasteiger partial charge in [0.05, 0.1) is 10.7 Å². The number of nitrogens with zero attached hydrogens (tertiary/aromatic N) is 1. The van der Waals surface area contributed by atoms with Crippen molar-refractivity contribution in [2.45, 2.75) is 45.4 Å². The normalized spacial score (nSPS) is 19.4. The van der Waals surface area contributed by atoms with Crippen molar-refractivity contribution < 1.29 is 9.59 Å². The van der Waals surface area contributed by atoms with Crippen LogP contribution in [0.5, 0.6) is 0 Å². The molecule has 1 aliphatic rings. The fourth-order valence-corrected chi connectivity index (χ4v) is 2.75. The van der Waals surface area contributed by atoms with Crippen molar-refractivity contribution in [3.63, 3.8) is 0 Å². The summed E-state index contributed by atoms with van der Waals surface area (Å²) in [5.74, 6) is 0.137. The Bertz CT molecular complexity index is 601. The van der Waals surface area contributed by atoms with Gasteiger partial charge in [-0.15, -0.1) is 0 Å². The van der Waals surface area contributed by atoms with Gasteiger partial charge in [-0.25, -0.2) is 5.43 Å². The zero-order chi connectivity index (χ0) is 16.7. The molecule has 1 fully saturated rings. The highest BCUT2D eigenvalue weighted by Crippen LogP contribution is 2.21. The van der Waals surface area contributed by atoms with Crippen LogP contribution in [0, 0.1) is 5.92 Å². The maximum Gasteiger partial charge on any atom is 0.240 e. The number of rotatable bonds is 5. The van der Waals surface area contributed by atoms with Crippen molar-refractivity contribution in [1.82, 2.24) is 5.43 Å². The van der Waals surface area contributed by atoms with Crippen molar-refractivity contribution in [3.05, 3.63) is 29.3 Å². The van der Waals surface area contributed by atoms with Crippen LogP contribution in [-0.4, -0.2) is 17.5 Å². The smallest absolute Gasteiger partial charge is 0.240 e. The van der Waals surface area contributed by atoms with Crippen LogP contribution in [0.2, 0.25) is 5.02 Å². The van der Waals surface area contributed by atoms with E-state index in [2.05, 4.69) is 22.8 Å². The van der Waals surface area contributed by atoms with Gasteiger partial charge < -0.3 is 5.32 Å². The highest BCUT2D eigenvalue weighted by molar-refractivity contribution is 6.33. The summed E-state index contributed by atoms with van der Waals surface area (Å²) < 4.78 is 0. The molecule has 2 N–H and O–H groups in total. The van der Waals surface area contributed by atoms with Gasteiger partial charge in [0.2, 0.25) is 11.8 Å². The Morgan fingerprint density at radius 1 is 1.26 bits per heavy atom. The number of hydrazone groups is 1. The van der Waals surface area contributed by atoms with Crippen LogP contribution in [0.4, 0.5) is 5.69 Å². The lowest BCUT2D eigenvalue weighted by molar-refractivity contribution is -0.124. The molecule has 2 rings (SSSR count). The minimum Gasteiger partial charge on any atom is -0.325 e. The minimum absolute atomic E-state index is 0.0955. The van der Waals surface area contributed by atoms with Crippen molar-refractivity contribution in [3.8, 4) is 0 Å². The zero-order valence-corrected chi connectivity index (χ0v) is 14.0. The van der Waals surface area contributed by atoms with Crippen LogP contribution in [0.3, 0.4) is 0 Å². The molecule has 2 amide bonds. The van der Waals surface area contributed by atoms with Gasteiger partial charge in [-0.05, 0) is 43.7 Å². The van der Waals surface area contributed by atoms with Crippen LogP contribution in [0.25, 0.3) is 0 Å². The largest absolute Gasteiger partial charge is 0.325 e. The quantitative estimate of drug-likeness (QED) is 0.805. The van der Waals surface area contributed by atoms with E-state index in [1.165, 1.54) is 6.42 Å². The Labute approximate surface area is 141 Å². The van der Waals surface area contributed by atoms with Crippen molar-refractivity contribution in [2.24, 2.45) is 11.0 Å². The number of hydrogen-bond donors (Lipinski definition) is 2. The van der Waals surface area contributed by atoms with Gasteiger partial charge in [0.25, 0.3) is 0 Å². The summed E-state index contributed by atoms with van der Waals surface area (Å²) in [6, 6.07) is 6.99. The summed E-state index contributed by atoms with van der Waals surface area (Å²) in [6.07, 6.45) is 4.41. The molecular weight excluding hydrogens is 314 g/mol. The molecule has 5 nitrogen and oxygen atoms in total. The molecule has 0 radical (unpaired) electrons. The van der Waals surface area contributed by atoms with E-state index in [0.29, 0.717) is 16.6 Å². The molecule has 23 heavy (non-hydrogen) atoms. The fraction of sp³-hybridized carbons (Fsp3) is 0.471. The van der Waals surface area contributed by atoms with Gasteiger partial charge in [-0.1, -0.05) is 30.7 Å². The third-order valence-corrected chi connectivity index (χ3v) is 4.14. The van der Waals surface area contributed by atoms with Crippen LogP contribution in [-0.2, 0) is 9.59 Å². The predicted octanol–water partition coefficient (Wildman–Crippen LogP) is 3.74. The molecule has 1 saturated carbocycles. The lowest BCUT2D eigenvalue weighted by Crippen LogP contribution is -2.23. The second-order valence-electron chi connectivity index (χ2n) is 5.94. The molecule has 0 aromatic heterocycles. The van der Waals surface area contributed by atoms with E-state index in [1.54, 1.807) is 24.3 Å². The van der Waals surface area contributed by atoms with Crippen molar-refractivity contribution >= 4 is 34.8 Å². The number of amides is 2. The highest BCUT2D eigenvalue weighted by Gasteiger charge is 2.14. The summed E-state index contributed by atoms with van der Waals surface area (Å²) in [5, 5.41) is 7.34. The fourth-order valence-electron chi connectivity index (χ4n) is 2.56. The molecule has 6 heteroatoms. The summed E-state index contributed by atoms with van der Waals surface area (Å²) >= 11 is 5.97. The van der Waals surface area contributed by atoms with Gasteiger partial charge in [0.15, 0.2) is 0 Å². The van der Waals surface area contributed by atoms with Gasteiger partial charge in [0, 0.05) is 18.6 Å². The molecule has 0 saturated heterocycles. The first-order valence-corrected chi connectivity index (χ1v) is 8.31. The standard InChI is InChI=1S/C17H22ClN3O2/c1-12-5-4-6-13(11-12)20-21-17(23)10-9-16(22)19-15-8-3-2-7-14(15)18/h2-3,7-8,12H,4-6,9-11H2,1H3,(H,19,22)(H,21,23)/b20-13-. The Morgan fingerprint density at radius 2 is 2.00 bits per heavy atom. The molecule has 124 valence electrons. The van der Waals surface area contributed by atoms with E-state index >= 15 is 0 Å². The van der Waals surface area contributed by atoms with E-state index in [1.807, 2.05) is 0 Å². The first-order valence-electron chi connectivity index (χ1n) is 7.93. The maximum absolute atomic E-state index is 11.8. The molecule has 0 spiro atoms. The Balaban J connectivity index is 1.72. The van der Waals surface area contributed by atoms with Crippen LogP contribution >= 0.6 is 11.6 Å². The number of nitrogens with one attached hydrogen (secondary N) is 2. The zero-order valence-electron chi connectivity index (χ0n) is 13.3. The molecule has 1 aliphatic carbocycles. The van der Waals surface area contributed by atoms with Gasteiger partial charge in [-0.3, -0.25) is 9.59 Å². The number of carbonyl (C=O) groups is 2. The highest BCUT2D eigenvalue weighted by atomic mass is 35.5. The average molecular weight is 336 g/mol. The molecule has 0 heterocycles. The second kappa shape index (κ2) is 8.67. The molecule has 1 aromatic rings. The summed E-state index contributed by atoms with van der Waals surface area (Å²) in [5.41, 5.74) is 4.14. The van der Waals surface area contributed by atoms with Crippen molar-refractivity contribution in [1.29, 1.82) is 0 Å². The maximum atomic E-state index is 11.8. The number of carbonyl (C=O) groups excluding carboxylic acids is 2. The van der Waals surface area contributed by atoms with E-state index in [9.17, 15) is 9.59 Å². The number of benzene rings is 1. The number of hydrogen-bond acceptors (Lipinski definition) is 3. The third-order valence-electron chi connectivity index (χ3n) is 3.81. The third kappa shape index (κ3) is 6.02. The summed E-state index contributed by atoms with van der Waals surface area (Å²) in [6.45, 7) is 2.19. The average Bonchev–Trinajstić information content (AvgIpc) is 2.53. The van der Waals surface area contributed by atoms with Crippen LogP contribution < -0.4 is 10.7 Å². The Morgan fingerprint density at radius 3 is 2.74 bits per heavy atom. The number of anilines is 1. The monoisotopic (exact) mass is 335 g/mol. The summed E-state index contributed by atoms with van der Waals surface area (Å²) in [4.78, 5) is 23.6. The van der Waals surface area contributed by atoms with E-state index < -0.39 is 0 Å². The topological polar surface area (TPSA) is 70.6 Å². The first kappa shape index (κ1) is 17.5. The Kier molecular flexibility index (Phi) is 6.59. The van der Waals surface area contributed by atoms with Crippen LogP contribution in [0.1, 0.15) is 45.4 Å². The SMILES string of the molecule is CC1CCC/C(=N/NC(=O)CCC(=O)Nc2ccccc2Cl)C1. The molecule has 1 aromatic carbocycles. The van der Waals surface area contributed by atoms with Gasteiger partial charge >= 0.3 is 0 Å².